The van der Waals surface area contributed by atoms with Crippen molar-refractivity contribution in [1.29, 1.82) is 0 Å². The Morgan fingerprint density at radius 1 is 1.33 bits per heavy atom. The zero-order valence-corrected chi connectivity index (χ0v) is 14.7. The lowest BCUT2D eigenvalue weighted by molar-refractivity contribution is 0.363. The molecule has 1 aromatic rings. The normalized spacial score (nSPS) is 22.9. The van der Waals surface area contributed by atoms with Crippen molar-refractivity contribution < 1.29 is 8.42 Å². The average Bonchev–Trinajstić information content (AvgIpc) is 3.11. The van der Waals surface area contributed by atoms with Crippen molar-refractivity contribution in [2.24, 2.45) is 0 Å². The fourth-order valence-corrected chi connectivity index (χ4v) is 5.49. The van der Waals surface area contributed by atoms with Crippen molar-refractivity contribution in [2.75, 3.05) is 13.1 Å². The Morgan fingerprint density at radius 3 is 2.67 bits per heavy atom. The third kappa shape index (κ3) is 3.45. The molecule has 1 saturated heterocycles. The van der Waals surface area contributed by atoms with Crippen LogP contribution in [-0.2, 0) is 10.0 Å². The summed E-state index contributed by atoms with van der Waals surface area (Å²) in [4.78, 5) is 0.206. The highest BCUT2D eigenvalue weighted by Gasteiger charge is 2.40. The van der Waals surface area contributed by atoms with Crippen LogP contribution in [0.2, 0.25) is 5.02 Å². The monoisotopic (exact) mass is 392 g/mol. The van der Waals surface area contributed by atoms with Gasteiger partial charge in [-0.3, -0.25) is 0 Å². The minimum atomic E-state index is -3.53. The largest absolute Gasteiger partial charge is 0.313 e. The van der Waals surface area contributed by atoms with E-state index in [4.69, 9.17) is 11.6 Å². The molecule has 4 nitrogen and oxygen atoms in total. The lowest BCUT2D eigenvalue weighted by atomic mass is 10.2. The van der Waals surface area contributed by atoms with Gasteiger partial charge in [0, 0.05) is 23.1 Å². The minimum Gasteiger partial charge on any atom is -0.313 e. The summed E-state index contributed by atoms with van der Waals surface area (Å²) in [5.41, 5.74) is 0. The molecule has 0 bridgehead atoms. The number of rotatable bonds is 5. The van der Waals surface area contributed by atoms with E-state index in [0.29, 0.717) is 6.54 Å². The van der Waals surface area contributed by atoms with Crippen LogP contribution >= 0.6 is 27.5 Å². The fourth-order valence-electron chi connectivity index (χ4n) is 2.75. The zero-order chi connectivity index (χ0) is 15.0. The van der Waals surface area contributed by atoms with Crippen LogP contribution in [0.15, 0.2) is 27.6 Å². The van der Waals surface area contributed by atoms with Crippen molar-refractivity contribution in [2.45, 2.75) is 42.7 Å². The fraction of sp³-hybridized carbons (Fsp3) is 0.571. The van der Waals surface area contributed by atoms with Crippen LogP contribution in [0.1, 0.15) is 25.7 Å². The molecule has 1 N–H and O–H groups in total. The molecule has 21 heavy (non-hydrogen) atoms. The van der Waals surface area contributed by atoms with Gasteiger partial charge in [-0.15, -0.1) is 0 Å². The van der Waals surface area contributed by atoms with Crippen LogP contribution in [-0.4, -0.2) is 37.9 Å². The van der Waals surface area contributed by atoms with Gasteiger partial charge in [-0.1, -0.05) is 27.5 Å². The predicted molar refractivity (Wildman–Crippen MR) is 87.1 cm³/mol. The first-order chi connectivity index (χ1) is 9.98. The summed E-state index contributed by atoms with van der Waals surface area (Å²) < 4.78 is 28.3. The third-order valence-electron chi connectivity index (χ3n) is 4.00. The molecule has 7 heteroatoms. The maximum Gasteiger partial charge on any atom is 0.244 e. The Morgan fingerprint density at radius 2 is 2.10 bits per heavy atom. The Hall–Kier alpha value is -0.140. The Labute approximate surface area is 139 Å². The number of nitrogens with one attached hydrogen (secondary N) is 1. The molecule has 1 heterocycles. The highest BCUT2D eigenvalue weighted by molar-refractivity contribution is 9.10. The summed E-state index contributed by atoms with van der Waals surface area (Å²) in [6, 6.07) is 5.33. The van der Waals surface area contributed by atoms with E-state index in [1.807, 2.05) is 0 Å². The summed E-state index contributed by atoms with van der Waals surface area (Å²) in [6.45, 7) is 1.52. The second kappa shape index (κ2) is 6.16. The van der Waals surface area contributed by atoms with Crippen LogP contribution in [0.5, 0.6) is 0 Å². The van der Waals surface area contributed by atoms with Gasteiger partial charge in [0.15, 0.2) is 0 Å². The van der Waals surface area contributed by atoms with Gasteiger partial charge >= 0.3 is 0 Å². The molecular weight excluding hydrogens is 376 g/mol. The van der Waals surface area contributed by atoms with E-state index in [0.717, 1.165) is 36.7 Å². The average molecular weight is 394 g/mol. The van der Waals surface area contributed by atoms with E-state index >= 15 is 0 Å². The maximum atomic E-state index is 12.9. The van der Waals surface area contributed by atoms with Crippen molar-refractivity contribution in [3.8, 4) is 0 Å². The molecule has 2 aliphatic rings. The van der Waals surface area contributed by atoms with E-state index in [-0.39, 0.29) is 22.0 Å². The lowest BCUT2D eigenvalue weighted by Gasteiger charge is -2.25. The maximum absolute atomic E-state index is 12.9. The molecule has 0 spiro atoms. The molecule has 116 valence electrons. The van der Waals surface area contributed by atoms with Gasteiger partial charge in [0.2, 0.25) is 10.0 Å². The smallest absolute Gasteiger partial charge is 0.244 e. The van der Waals surface area contributed by atoms with E-state index in [1.165, 1.54) is 0 Å². The SMILES string of the molecule is O=S(=O)(c1ccc(Br)cc1Cl)N(CC1CCCN1)C1CC1. The Kier molecular flexibility index (Phi) is 4.62. The predicted octanol–water partition coefficient (Wildman–Crippen LogP) is 3.01. The lowest BCUT2D eigenvalue weighted by Crippen LogP contribution is -2.42. The van der Waals surface area contributed by atoms with Crippen LogP contribution in [0.25, 0.3) is 0 Å². The van der Waals surface area contributed by atoms with Crippen molar-refractivity contribution in [1.82, 2.24) is 9.62 Å². The molecule has 1 aliphatic heterocycles. The van der Waals surface area contributed by atoms with Gasteiger partial charge in [-0.2, -0.15) is 4.31 Å². The van der Waals surface area contributed by atoms with Crippen LogP contribution < -0.4 is 5.32 Å². The number of nitrogens with zero attached hydrogens (tertiary/aromatic N) is 1. The summed E-state index contributed by atoms with van der Waals surface area (Å²) in [5.74, 6) is 0. The molecule has 1 atom stereocenters. The van der Waals surface area contributed by atoms with E-state index in [2.05, 4.69) is 21.2 Å². The van der Waals surface area contributed by atoms with Gasteiger partial charge in [-0.25, -0.2) is 8.42 Å². The number of halogens is 2. The molecule has 1 unspecified atom stereocenters. The number of benzene rings is 1. The minimum absolute atomic E-state index is 0.136. The molecule has 3 rings (SSSR count). The number of hydrogen-bond acceptors (Lipinski definition) is 3. The first-order valence-electron chi connectivity index (χ1n) is 7.19. The first kappa shape index (κ1) is 15.7. The topological polar surface area (TPSA) is 49.4 Å². The summed E-state index contributed by atoms with van der Waals surface area (Å²) in [7, 11) is -3.53. The Balaban J connectivity index is 1.89. The van der Waals surface area contributed by atoms with Crippen molar-refractivity contribution in [3.05, 3.63) is 27.7 Å². The van der Waals surface area contributed by atoms with E-state index in [9.17, 15) is 8.42 Å². The second-order valence-corrected chi connectivity index (χ2v) is 8.86. The molecule has 1 aliphatic carbocycles. The first-order valence-corrected chi connectivity index (χ1v) is 9.80. The standard InChI is InChI=1S/C14H18BrClN2O2S/c15-10-3-6-14(13(16)8-10)21(19,20)18(12-4-5-12)9-11-2-1-7-17-11/h3,6,8,11-12,17H,1-2,4-5,7,9H2. The van der Waals surface area contributed by atoms with Crippen LogP contribution in [0.4, 0.5) is 0 Å². The molecule has 0 aromatic heterocycles. The molecule has 2 fully saturated rings. The van der Waals surface area contributed by atoms with Crippen LogP contribution in [0.3, 0.4) is 0 Å². The summed E-state index contributed by atoms with van der Waals surface area (Å²) in [6.07, 6.45) is 4.04. The summed E-state index contributed by atoms with van der Waals surface area (Å²) in [5, 5.41) is 3.64. The quantitative estimate of drug-likeness (QED) is 0.836. The van der Waals surface area contributed by atoms with Crippen molar-refractivity contribution in [3.63, 3.8) is 0 Å². The number of hydrogen-bond donors (Lipinski definition) is 1. The van der Waals surface area contributed by atoms with Gasteiger partial charge in [0.25, 0.3) is 0 Å². The molecule has 1 aromatic carbocycles. The molecule has 1 saturated carbocycles. The highest BCUT2D eigenvalue weighted by Crippen LogP contribution is 2.35. The second-order valence-electron chi connectivity index (χ2n) is 5.67. The third-order valence-corrected chi connectivity index (χ3v) is 6.89. The van der Waals surface area contributed by atoms with Gasteiger partial charge in [0.05, 0.1) is 5.02 Å². The molecular formula is C14H18BrClN2O2S. The highest BCUT2D eigenvalue weighted by atomic mass is 79.9. The number of sulfonamides is 1. The van der Waals surface area contributed by atoms with Crippen LogP contribution in [0, 0.1) is 0 Å². The zero-order valence-electron chi connectivity index (χ0n) is 11.6. The van der Waals surface area contributed by atoms with Gasteiger partial charge in [-0.05, 0) is 50.4 Å². The van der Waals surface area contributed by atoms with E-state index < -0.39 is 10.0 Å². The van der Waals surface area contributed by atoms with Gasteiger partial charge in [0.1, 0.15) is 4.90 Å². The molecule has 0 radical (unpaired) electrons. The van der Waals surface area contributed by atoms with E-state index in [1.54, 1.807) is 22.5 Å². The summed E-state index contributed by atoms with van der Waals surface area (Å²) >= 11 is 9.46. The molecule has 0 amide bonds. The van der Waals surface area contributed by atoms with Gasteiger partial charge < -0.3 is 5.32 Å². The van der Waals surface area contributed by atoms with Crippen molar-refractivity contribution >= 4 is 37.6 Å². The Bertz CT molecular complexity index is 628.